The number of sulfonamides is 1. The van der Waals surface area contributed by atoms with Crippen molar-refractivity contribution >= 4 is 10.0 Å². The molecule has 0 aromatic carbocycles. The van der Waals surface area contributed by atoms with Crippen LogP contribution < -0.4 is 4.72 Å². The summed E-state index contributed by atoms with van der Waals surface area (Å²) in [6.45, 7) is 7.04. The van der Waals surface area contributed by atoms with Gasteiger partial charge in [-0.15, -0.1) is 0 Å². The molecule has 5 heteroatoms. The molecule has 0 aromatic heterocycles. The fraction of sp³-hybridized carbons (Fsp3) is 0.833. The molecule has 0 fully saturated rings. The standard InChI is InChI=1S/C12H23NO3S/c1-9-7-6-8-10(16-5)11(9)13-17(14,15)12(2,3)4/h10,13H,6-8H2,1-5H3. The van der Waals surface area contributed by atoms with Crippen molar-refractivity contribution in [3.8, 4) is 0 Å². The lowest BCUT2D eigenvalue weighted by Crippen LogP contribution is -2.42. The summed E-state index contributed by atoms with van der Waals surface area (Å²) < 4.78 is 31.5. The van der Waals surface area contributed by atoms with E-state index in [1.807, 2.05) is 6.92 Å². The summed E-state index contributed by atoms with van der Waals surface area (Å²) in [6, 6.07) is 0. The third-order valence-corrected chi connectivity index (χ3v) is 5.24. The Morgan fingerprint density at radius 3 is 2.41 bits per heavy atom. The number of hydrogen-bond acceptors (Lipinski definition) is 3. The summed E-state index contributed by atoms with van der Waals surface area (Å²) in [5.74, 6) is 0. The van der Waals surface area contributed by atoms with Crippen molar-refractivity contribution in [2.24, 2.45) is 0 Å². The molecule has 1 rings (SSSR count). The van der Waals surface area contributed by atoms with Gasteiger partial charge in [-0.2, -0.15) is 0 Å². The molecule has 1 N–H and O–H groups in total. The lowest BCUT2D eigenvalue weighted by atomic mass is 9.95. The molecule has 0 saturated carbocycles. The molecule has 0 heterocycles. The highest BCUT2D eigenvalue weighted by molar-refractivity contribution is 7.90. The van der Waals surface area contributed by atoms with Gasteiger partial charge in [0.25, 0.3) is 0 Å². The zero-order valence-corrected chi connectivity index (χ0v) is 12.1. The quantitative estimate of drug-likeness (QED) is 0.847. The van der Waals surface area contributed by atoms with Gasteiger partial charge in [0.1, 0.15) is 0 Å². The number of rotatable bonds is 3. The van der Waals surface area contributed by atoms with Gasteiger partial charge < -0.3 is 4.74 Å². The van der Waals surface area contributed by atoms with E-state index in [2.05, 4.69) is 4.72 Å². The van der Waals surface area contributed by atoms with Gasteiger partial charge in [0.05, 0.1) is 16.5 Å². The maximum absolute atomic E-state index is 12.1. The topological polar surface area (TPSA) is 55.4 Å². The van der Waals surface area contributed by atoms with Gasteiger partial charge in [-0.1, -0.05) is 5.57 Å². The summed E-state index contributed by atoms with van der Waals surface area (Å²) in [4.78, 5) is 0. The minimum atomic E-state index is -3.36. The van der Waals surface area contributed by atoms with Crippen LogP contribution in [0.2, 0.25) is 0 Å². The largest absolute Gasteiger partial charge is 0.375 e. The van der Waals surface area contributed by atoms with E-state index in [-0.39, 0.29) is 6.10 Å². The van der Waals surface area contributed by atoms with Crippen LogP contribution in [-0.4, -0.2) is 26.4 Å². The Balaban J connectivity index is 3.01. The average Bonchev–Trinajstić information content (AvgIpc) is 2.19. The second kappa shape index (κ2) is 4.98. The first-order valence-electron chi connectivity index (χ1n) is 5.94. The fourth-order valence-corrected chi connectivity index (χ4v) is 2.69. The lowest BCUT2D eigenvalue weighted by Gasteiger charge is -2.30. The minimum Gasteiger partial charge on any atom is -0.375 e. The highest BCUT2D eigenvalue weighted by Gasteiger charge is 2.32. The highest BCUT2D eigenvalue weighted by atomic mass is 32.2. The smallest absolute Gasteiger partial charge is 0.237 e. The molecule has 17 heavy (non-hydrogen) atoms. The predicted octanol–water partition coefficient (Wildman–Crippen LogP) is 2.18. The predicted molar refractivity (Wildman–Crippen MR) is 69.2 cm³/mol. The molecule has 0 amide bonds. The molecule has 0 radical (unpaired) electrons. The summed E-state index contributed by atoms with van der Waals surface area (Å²) in [6.07, 6.45) is 2.73. The lowest BCUT2D eigenvalue weighted by molar-refractivity contribution is 0.113. The van der Waals surface area contributed by atoms with Crippen molar-refractivity contribution < 1.29 is 13.2 Å². The van der Waals surface area contributed by atoms with Gasteiger partial charge in [0, 0.05) is 7.11 Å². The zero-order valence-electron chi connectivity index (χ0n) is 11.3. The van der Waals surface area contributed by atoms with E-state index < -0.39 is 14.8 Å². The second-order valence-electron chi connectivity index (χ2n) is 5.53. The molecule has 0 bridgehead atoms. The molecule has 1 unspecified atom stereocenters. The Morgan fingerprint density at radius 2 is 1.94 bits per heavy atom. The third kappa shape index (κ3) is 3.22. The molecule has 0 aliphatic heterocycles. The van der Waals surface area contributed by atoms with E-state index in [1.165, 1.54) is 0 Å². The van der Waals surface area contributed by atoms with Crippen molar-refractivity contribution in [1.82, 2.24) is 4.72 Å². The first kappa shape index (κ1) is 14.5. The van der Waals surface area contributed by atoms with Crippen LogP contribution in [0, 0.1) is 0 Å². The third-order valence-electron chi connectivity index (χ3n) is 3.13. The van der Waals surface area contributed by atoms with E-state index in [9.17, 15) is 8.42 Å². The molecule has 0 aromatic rings. The summed E-state index contributed by atoms with van der Waals surface area (Å²) >= 11 is 0. The summed E-state index contributed by atoms with van der Waals surface area (Å²) in [5, 5.41) is 0. The number of allylic oxidation sites excluding steroid dienone is 1. The first-order valence-corrected chi connectivity index (χ1v) is 7.42. The fourth-order valence-electron chi connectivity index (χ4n) is 1.79. The van der Waals surface area contributed by atoms with Gasteiger partial charge >= 0.3 is 0 Å². The molecule has 0 spiro atoms. The van der Waals surface area contributed by atoms with E-state index in [4.69, 9.17) is 4.74 Å². The van der Waals surface area contributed by atoms with Crippen molar-refractivity contribution in [2.75, 3.05) is 7.11 Å². The van der Waals surface area contributed by atoms with Crippen LogP contribution in [-0.2, 0) is 14.8 Å². The Bertz CT molecular complexity index is 404. The normalized spacial score (nSPS) is 22.8. The second-order valence-corrected chi connectivity index (χ2v) is 7.96. The van der Waals surface area contributed by atoms with Gasteiger partial charge in [0.2, 0.25) is 10.0 Å². The number of methoxy groups -OCH3 is 1. The zero-order chi connectivity index (χ0) is 13.3. The van der Waals surface area contributed by atoms with Crippen LogP contribution in [0.15, 0.2) is 11.3 Å². The van der Waals surface area contributed by atoms with E-state index in [1.54, 1.807) is 27.9 Å². The van der Waals surface area contributed by atoms with Crippen molar-refractivity contribution in [1.29, 1.82) is 0 Å². The Morgan fingerprint density at radius 1 is 1.35 bits per heavy atom. The number of ether oxygens (including phenoxy) is 1. The molecule has 1 aliphatic rings. The monoisotopic (exact) mass is 261 g/mol. The van der Waals surface area contributed by atoms with Gasteiger partial charge in [-0.25, -0.2) is 8.42 Å². The van der Waals surface area contributed by atoms with Crippen LogP contribution in [0.5, 0.6) is 0 Å². The molecule has 1 aliphatic carbocycles. The van der Waals surface area contributed by atoms with E-state index >= 15 is 0 Å². The van der Waals surface area contributed by atoms with Crippen molar-refractivity contribution in [3.63, 3.8) is 0 Å². The van der Waals surface area contributed by atoms with E-state index in [0.29, 0.717) is 0 Å². The van der Waals surface area contributed by atoms with Crippen molar-refractivity contribution in [2.45, 2.75) is 57.8 Å². The van der Waals surface area contributed by atoms with Crippen molar-refractivity contribution in [3.05, 3.63) is 11.3 Å². The molecule has 1 atom stereocenters. The van der Waals surface area contributed by atoms with Crippen LogP contribution in [0.1, 0.15) is 47.0 Å². The van der Waals surface area contributed by atoms with Crippen LogP contribution >= 0.6 is 0 Å². The van der Waals surface area contributed by atoms with Gasteiger partial charge in [0.15, 0.2) is 0 Å². The molecule has 100 valence electrons. The Hall–Kier alpha value is -0.550. The maximum atomic E-state index is 12.1. The molecular weight excluding hydrogens is 238 g/mol. The van der Waals surface area contributed by atoms with Gasteiger partial charge in [-0.05, 0) is 47.0 Å². The number of hydrogen-bond donors (Lipinski definition) is 1. The molecular formula is C12H23NO3S. The minimum absolute atomic E-state index is 0.124. The number of nitrogens with one attached hydrogen (secondary N) is 1. The summed E-state index contributed by atoms with van der Waals surface area (Å²) in [5.41, 5.74) is 1.81. The maximum Gasteiger partial charge on any atom is 0.237 e. The first-order chi connectivity index (χ1) is 7.69. The Kier molecular flexibility index (Phi) is 4.25. The molecule has 0 saturated heterocycles. The van der Waals surface area contributed by atoms with Gasteiger partial charge in [-0.3, -0.25) is 4.72 Å². The molecule has 4 nitrogen and oxygen atoms in total. The SMILES string of the molecule is COC1CCCC(C)=C1NS(=O)(=O)C(C)(C)C. The average molecular weight is 261 g/mol. The highest BCUT2D eigenvalue weighted by Crippen LogP contribution is 2.27. The van der Waals surface area contributed by atoms with Crippen LogP contribution in [0.25, 0.3) is 0 Å². The van der Waals surface area contributed by atoms with Crippen LogP contribution in [0.3, 0.4) is 0 Å². The Labute approximate surface area is 104 Å². The summed E-state index contributed by atoms with van der Waals surface area (Å²) in [7, 11) is -1.74. The van der Waals surface area contributed by atoms with Crippen LogP contribution in [0.4, 0.5) is 0 Å². The van der Waals surface area contributed by atoms with E-state index in [0.717, 1.165) is 30.5 Å².